The van der Waals surface area contributed by atoms with Crippen LogP contribution in [0.2, 0.25) is 5.15 Å². The van der Waals surface area contributed by atoms with Crippen molar-refractivity contribution in [3.8, 4) is 11.4 Å². The molecule has 0 amide bonds. The maximum Gasteiger partial charge on any atom is 0.260 e. The second-order valence-electron chi connectivity index (χ2n) is 6.64. The number of nitrogens with zero attached hydrogens (tertiary/aromatic N) is 4. The van der Waals surface area contributed by atoms with Gasteiger partial charge in [0.15, 0.2) is 16.6 Å². The Kier molecular flexibility index (Phi) is 4.66. The normalized spacial score (nSPS) is 11.7. The Bertz CT molecular complexity index is 1040. The van der Waals surface area contributed by atoms with Gasteiger partial charge >= 0.3 is 0 Å². The van der Waals surface area contributed by atoms with Crippen molar-refractivity contribution in [3.05, 3.63) is 51.2 Å². The Balaban J connectivity index is 2.55. The van der Waals surface area contributed by atoms with Gasteiger partial charge in [0.05, 0.1) is 22.5 Å². The van der Waals surface area contributed by atoms with E-state index in [1.54, 1.807) is 0 Å². The van der Waals surface area contributed by atoms with E-state index in [4.69, 9.17) is 11.6 Å². The molecule has 0 aliphatic carbocycles. The molecule has 8 heteroatoms. The molecular formula is C18H18ClFN4O2. The topological polar surface area (TPSA) is 80.9 Å². The highest BCUT2D eigenvalue weighted by molar-refractivity contribution is 6.30. The van der Waals surface area contributed by atoms with Crippen LogP contribution in [0, 0.1) is 5.82 Å². The molecule has 0 spiro atoms. The third-order valence-electron chi connectivity index (χ3n) is 4.08. The van der Waals surface area contributed by atoms with Gasteiger partial charge in [-0.25, -0.2) is 19.3 Å². The molecule has 0 aliphatic heterocycles. The quantitative estimate of drug-likeness (QED) is 0.700. The molecule has 0 aliphatic rings. The van der Waals surface area contributed by atoms with Gasteiger partial charge in [0, 0.05) is 6.07 Å². The fourth-order valence-corrected chi connectivity index (χ4v) is 3.01. The molecule has 3 aromatic rings. The summed E-state index contributed by atoms with van der Waals surface area (Å²) in [5, 5.41) is 9.80. The Morgan fingerprint density at radius 1 is 1.12 bits per heavy atom. The summed E-state index contributed by atoms with van der Waals surface area (Å²) in [6, 6.07) is 2.09. The molecule has 0 bridgehead atoms. The summed E-state index contributed by atoms with van der Waals surface area (Å²) < 4.78 is 15.2. The van der Waals surface area contributed by atoms with Crippen molar-refractivity contribution in [2.45, 2.75) is 39.5 Å². The lowest BCUT2D eigenvalue weighted by Gasteiger charge is -2.20. The summed E-state index contributed by atoms with van der Waals surface area (Å²) in [5.41, 5.74) is 1.33. The predicted octanol–water partition coefficient (Wildman–Crippen LogP) is 3.92. The lowest BCUT2D eigenvalue weighted by atomic mass is 10.0. The van der Waals surface area contributed by atoms with Gasteiger partial charge in [0.1, 0.15) is 12.1 Å². The Labute approximate surface area is 154 Å². The summed E-state index contributed by atoms with van der Waals surface area (Å²) in [7, 11) is 0. The van der Waals surface area contributed by atoms with Gasteiger partial charge in [-0.05, 0) is 17.9 Å². The SMILES string of the molecule is CC(C)c1ncnc(C(C)C)c1-n1c(=O)cc(O)c2cc(F)c(Cl)nc21. The summed E-state index contributed by atoms with van der Waals surface area (Å²) in [5.74, 6) is -1.15. The van der Waals surface area contributed by atoms with Gasteiger partial charge < -0.3 is 5.11 Å². The first-order chi connectivity index (χ1) is 12.2. The minimum absolute atomic E-state index is 0.00262. The number of fused-ring (bicyclic) bond motifs is 1. The molecule has 3 rings (SSSR count). The number of halogens is 2. The maximum absolute atomic E-state index is 13.9. The van der Waals surface area contributed by atoms with Crippen molar-refractivity contribution in [2.75, 3.05) is 0 Å². The predicted molar refractivity (Wildman–Crippen MR) is 97.7 cm³/mol. The lowest BCUT2D eigenvalue weighted by molar-refractivity contribution is 0.479. The van der Waals surface area contributed by atoms with E-state index in [9.17, 15) is 14.3 Å². The standard InChI is InChI=1S/C18H18ClFN4O2/c1-8(2)14-16(15(9(3)4)22-7-21-14)24-13(26)6-12(25)10-5-11(20)17(19)23-18(10)24/h5-9,25H,1-4H3. The van der Waals surface area contributed by atoms with Crippen molar-refractivity contribution in [1.29, 1.82) is 0 Å². The van der Waals surface area contributed by atoms with Crippen LogP contribution in [0.3, 0.4) is 0 Å². The van der Waals surface area contributed by atoms with E-state index in [0.29, 0.717) is 17.1 Å². The number of hydrogen-bond acceptors (Lipinski definition) is 5. The molecule has 0 unspecified atom stereocenters. The van der Waals surface area contributed by atoms with Crippen LogP contribution in [0.1, 0.15) is 50.9 Å². The van der Waals surface area contributed by atoms with Crippen molar-refractivity contribution >= 4 is 22.6 Å². The van der Waals surface area contributed by atoms with Crippen LogP contribution >= 0.6 is 11.6 Å². The minimum Gasteiger partial charge on any atom is -0.507 e. The number of hydrogen-bond donors (Lipinski definition) is 1. The van der Waals surface area contributed by atoms with Crippen molar-refractivity contribution in [2.24, 2.45) is 0 Å². The van der Waals surface area contributed by atoms with Crippen LogP contribution in [0.4, 0.5) is 4.39 Å². The zero-order chi connectivity index (χ0) is 19.2. The molecule has 26 heavy (non-hydrogen) atoms. The largest absolute Gasteiger partial charge is 0.507 e. The molecule has 1 N–H and O–H groups in total. The van der Waals surface area contributed by atoms with Gasteiger partial charge in [-0.3, -0.25) is 9.36 Å². The minimum atomic E-state index is -0.780. The van der Waals surface area contributed by atoms with Gasteiger partial charge in [0.25, 0.3) is 5.56 Å². The lowest BCUT2D eigenvalue weighted by Crippen LogP contribution is -2.23. The molecule has 0 atom stereocenters. The van der Waals surface area contributed by atoms with Gasteiger partial charge in [0.2, 0.25) is 0 Å². The first kappa shape index (κ1) is 18.3. The molecule has 6 nitrogen and oxygen atoms in total. The molecule has 0 aromatic carbocycles. The third kappa shape index (κ3) is 2.92. The molecule has 3 heterocycles. The fourth-order valence-electron chi connectivity index (χ4n) is 2.88. The van der Waals surface area contributed by atoms with Crippen LogP contribution in [-0.2, 0) is 0 Å². The van der Waals surface area contributed by atoms with E-state index >= 15 is 0 Å². The zero-order valence-electron chi connectivity index (χ0n) is 14.8. The summed E-state index contributed by atoms with van der Waals surface area (Å²) in [6.07, 6.45) is 1.46. The number of rotatable bonds is 3. The van der Waals surface area contributed by atoms with Crippen molar-refractivity contribution < 1.29 is 9.50 Å². The van der Waals surface area contributed by atoms with Crippen molar-refractivity contribution in [1.82, 2.24) is 19.5 Å². The highest BCUT2D eigenvalue weighted by Crippen LogP contribution is 2.31. The third-order valence-corrected chi connectivity index (χ3v) is 4.34. The number of aromatic hydroxyl groups is 1. The average molecular weight is 377 g/mol. The highest BCUT2D eigenvalue weighted by Gasteiger charge is 2.23. The summed E-state index contributed by atoms with van der Waals surface area (Å²) >= 11 is 5.84. The molecule has 0 radical (unpaired) electrons. The van der Waals surface area contributed by atoms with E-state index in [2.05, 4.69) is 15.0 Å². The van der Waals surface area contributed by atoms with E-state index in [1.165, 1.54) is 10.9 Å². The Hall–Kier alpha value is -2.54. The van der Waals surface area contributed by atoms with Crippen LogP contribution in [0.15, 0.2) is 23.3 Å². The first-order valence-corrected chi connectivity index (χ1v) is 8.56. The summed E-state index contributed by atoms with van der Waals surface area (Å²) in [4.78, 5) is 25.5. The Morgan fingerprint density at radius 3 is 2.23 bits per heavy atom. The molecular weight excluding hydrogens is 359 g/mol. The van der Waals surface area contributed by atoms with E-state index in [-0.39, 0.29) is 33.8 Å². The second kappa shape index (κ2) is 6.64. The molecule has 3 aromatic heterocycles. The van der Waals surface area contributed by atoms with E-state index < -0.39 is 11.4 Å². The first-order valence-electron chi connectivity index (χ1n) is 8.18. The molecule has 0 saturated heterocycles. The fraction of sp³-hybridized carbons (Fsp3) is 0.333. The van der Waals surface area contributed by atoms with Gasteiger partial charge in [-0.15, -0.1) is 0 Å². The zero-order valence-corrected chi connectivity index (χ0v) is 15.5. The monoisotopic (exact) mass is 376 g/mol. The maximum atomic E-state index is 13.9. The molecule has 0 saturated carbocycles. The van der Waals surface area contributed by atoms with Crippen molar-refractivity contribution in [3.63, 3.8) is 0 Å². The van der Waals surface area contributed by atoms with E-state index in [0.717, 1.165) is 12.1 Å². The van der Waals surface area contributed by atoms with E-state index in [1.807, 2.05) is 27.7 Å². The average Bonchev–Trinajstić information content (AvgIpc) is 2.56. The molecule has 0 fully saturated rings. The highest BCUT2D eigenvalue weighted by atomic mass is 35.5. The second-order valence-corrected chi connectivity index (χ2v) is 7.00. The number of aromatic nitrogens is 4. The van der Waals surface area contributed by atoms with Crippen LogP contribution in [0.5, 0.6) is 5.75 Å². The Morgan fingerprint density at radius 2 is 1.69 bits per heavy atom. The smallest absolute Gasteiger partial charge is 0.260 e. The molecule has 136 valence electrons. The summed E-state index contributed by atoms with van der Waals surface area (Å²) in [6.45, 7) is 7.79. The van der Waals surface area contributed by atoms with Gasteiger partial charge in [-0.1, -0.05) is 39.3 Å². The van der Waals surface area contributed by atoms with Gasteiger partial charge in [-0.2, -0.15) is 0 Å². The van der Waals surface area contributed by atoms with Crippen LogP contribution < -0.4 is 5.56 Å². The van der Waals surface area contributed by atoms with Crippen LogP contribution in [-0.4, -0.2) is 24.6 Å². The number of pyridine rings is 2. The van der Waals surface area contributed by atoms with Crippen LogP contribution in [0.25, 0.3) is 16.7 Å².